The van der Waals surface area contributed by atoms with E-state index in [0.717, 1.165) is 18.1 Å². The van der Waals surface area contributed by atoms with Crippen molar-refractivity contribution < 1.29 is 0 Å². The Morgan fingerprint density at radius 2 is 1.65 bits per heavy atom. The monoisotopic (exact) mass is 335 g/mol. The second kappa shape index (κ2) is 8.11. The van der Waals surface area contributed by atoms with E-state index in [-0.39, 0.29) is 11.0 Å². The lowest BCUT2D eigenvalue weighted by molar-refractivity contribution is 0.264. The predicted molar refractivity (Wildman–Crippen MR) is 105 cm³/mol. The van der Waals surface area contributed by atoms with Crippen LogP contribution in [0, 0.1) is 5.41 Å². The van der Waals surface area contributed by atoms with Crippen LogP contribution in [0.2, 0.25) is 0 Å². The average Bonchev–Trinajstić information content (AvgIpc) is 2.36. The van der Waals surface area contributed by atoms with Gasteiger partial charge in [-0.05, 0) is 57.6 Å². The summed E-state index contributed by atoms with van der Waals surface area (Å²) >= 11 is 5.51. The highest BCUT2D eigenvalue weighted by Crippen LogP contribution is 2.26. The lowest BCUT2D eigenvalue weighted by Crippen LogP contribution is -2.51. The summed E-state index contributed by atoms with van der Waals surface area (Å²) < 4.78 is 0. The zero-order chi connectivity index (χ0) is 17.7. The number of hydrogen-bond acceptors (Lipinski definition) is 2. The molecule has 0 radical (unpaired) electrons. The van der Waals surface area contributed by atoms with Crippen LogP contribution in [-0.2, 0) is 0 Å². The minimum Gasteiger partial charge on any atom is -0.361 e. The molecule has 0 saturated carbocycles. The molecule has 4 heteroatoms. The van der Waals surface area contributed by atoms with Gasteiger partial charge in [0.25, 0.3) is 0 Å². The largest absolute Gasteiger partial charge is 0.361 e. The molecule has 0 spiro atoms. The SMILES string of the molecule is CN(C)C(CNC(=S)NC(C)(C)CC(C)(C)C)c1ccccc1. The maximum atomic E-state index is 5.51. The number of nitrogens with zero attached hydrogens (tertiary/aromatic N) is 1. The van der Waals surface area contributed by atoms with Crippen LogP contribution >= 0.6 is 12.2 Å². The fourth-order valence-electron chi connectivity index (χ4n) is 3.18. The van der Waals surface area contributed by atoms with Gasteiger partial charge >= 0.3 is 0 Å². The molecule has 3 nitrogen and oxygen atoms in total. The highest BCUT2D eigenvalue weighted by atomic mass is 32.1. The average molecular weight is 336 g/mol. The predicted octanol–water partition coefficient (Wildman–Crippen LogP) is 3.97. The van der Waals surface area contributed by atoms with E-state index in [1.165, 1.54) is 5.56 Å². The van der Waals surface area contributed by atoms with Gasteiger partial charge in [0, 0.05) is 12.1 Å². The third-order valence-corrected chi connectivity index (χ3v) is 3.93. The van der Waals surface area contributed by atoms with Crippen molar-refractivity contribution in [1.82, 2.24) is 15.5 Å². The van der Waals surface area contributed by atoms with Crippen LogP contribution in [0.1, 0.15) is 52.6 Å². The third kappa shape index (κ3) is 7.80. The van der Waals surface area contributed by atoms with Gasteiger partial charge in [0.05, 0.1) is 6.04 Å². The summed E-state index contributed by atoms with van der Waals surface area (Å²) in [5.74, 6) is 0. The van der Waals surface area contributed by atoms with E-state index in [2.05, 4.69) is 88.5 Å². The summed E-state index contributed by atoms with van der Waals surface area (Å²) in [5, 5.41) is 7.57. The lowest BCUT2D eigenvalue weighted by Gasteiger charge is -2.35. The first-order valence-corrected chi connectivity index (χ1v) is 8.68. The Hall–Kier alpha value is -1.13. The Morgan fingerprint density at radius 3 is 2.13 bits per heavy atom. The van der Waals surface area contributed by atoms with Gasteiger partial charge in [-0.1, -0.05) is 51.1 Å². The van der Waals surface area contributed by atoms with Gasteiger partial charge in [-0.2, -0.15) is 0 Å². The van der Waals surface area contributed by atoms with Crippen LogP contribution in [0.25, 0.3) is 0 Å². The maximum absolute atomic E-state index is 5.51. The minimum absolute atomic E-state index is 0.0251. The van der Waals surface area contributed by atoms with Crippen molar-refractivity contribution >= 4 is 17.3 Å². The van der Waals surface area contributed by atoms with Gasteiger partial charge in [0.15, 0.2) is 5.11 Å². The van der Waals surface area contributed by atoms with Gasteiger partial charge < -0.3 is 15.5 Å². The summed E-state index contributed by atoms with van der Waals surface area (Å²) in [7, 11) is 4.19. The second-order valence-electron chi connectivity index (χ2n) is 8.35. The van der Waals surface area contributed by atoms with Crippen molar-refractivity contribution in [2.75, 3.05) is 20.6 Å². The Kier molecular flexibility index (Phi) is 7.02. The molecular weight excluding hydrogens is 302 g/mol. The fourth-order valence-corrected chi connectivity index (χ4v) is 3.54. The molecule has 23 heavy (non-hydrogen) atoms. The normalized spacial score (nSPS) is 13.7. The van der Waals surface area contributed by atoms with Gasteiger partial charge in [0.1, 0.15) is 0 Å². The highest BCUT2D eigenvalue weighted by Gasteiger charge is 2.26. The molecule has 2 N–H and O–H groups in total. The zero-order valence-corrected chi connectivity index (χ0v) is 16.6. The first-order valence-electron chi connectivity index (χ1n) is 8.28. The molecule has 0 aliphatic heterocycles. The van der Waals surface area contributed by atoms with Crippen molar-refractivity contribution in [2.24, 2.45) is 5.41 Å². The molecule has 0 saturated heterocycles. The topological polar surface area (TPSA) is 27.3 Å². The van der Waals surface area contributed by atoms with E-state index < -0.39 is 0 Å². The van der Waals surface area contributed by atoms with Gasteiger partial charge in [-0.25, -0.2) is 0 Å². The molecule has 1 rings (SSSR count). The highest BCUT2D eigenvalue weighted by molar-refractivity contribution is 7.80. The van der Waals surface area contributed by atoms with Crippen LogP contribution < -0.4 is 10.6 Å². The third-order valence-electron chi connectivity index (χ3n) is 3.69. The Labute approximate surface area is 147 Å². The molecule has 0 amide bonds. The number of rotatable bonds is 6. The first kappa shape index (κ1) is 19.9. The summed E-state index contributed by atoms with van der Waals surface area (Å²) in [6.07, 6.45) is 1.05. The molecule has 0 bridgehead atoms. The van der Waals surface area contributed by atoms with Crippen LogP contribution in [-0.4, -0.2) is 36.2 Å². The quantitative estimate of drug-likeness (QED) is 0.769. The fraction of sp³-hybridized carbons (Fsp3) is 0.632. The second-order valence-corrected chi connectivity index (χ2v) is 8.75. The van der Waals surface area contributed by atoms with Crippen LogP contribution in [0.4, 0.5) is 0 Å². The van der Waals surface area contributed by atoms with Crippen LogP contribution in [0.5, 0.6) is 0 Å². The lowest BCUT2D eigenvalue weighted by atomic mass is 9.82. The van der Waals surface area contributed by atoms with E-state index in [4.69, 9.17) is 12.2 Å². The summed E-state index contributed by atoms with van der Waals surface area (Å²) in [5.41, 5.74) is 1.53. The molecule has 0 aromatic heterocycles. The number of hydrogen-bond donors (Lipinski definition) is 2. The smallest absolute Gasteiger partial charge is 0.166 e. The summed E-state index contributed by atoms with van der Waals surface area (Å²) in [6, 6.07) is 10.8. The maximum Gasteiger partial charge on any atom is 0.166 e. The number of thiocarbonyl (C=S) groups is 1. The van der Waals surface area contributed by atoms with Crippen molar-refractivity contribution in [3.8, 4) is 0 Å². The number of nitrogens with one attached hydrogen (secondary N) is 2. The van der Waals surface area contributed by atoms with E-state index in [9.17, 15) is 0 Å². The van der Waals surface area contributed by atoms with Gasteiger partial charge in [0.2, 0.25) is 0 Å². The standard InChI is InChI=1S/C19H33N3S/c1-18(2,3)14-19(4,5)21-17(23)20-13-16(22(6)7)15-11-9-8-10-12-15/h8-12,16H,13-14H2,1-7H3,(H2,20,21,23). The molecule has 1 unspecified atom stereocenters. The molecular formula is C19H33N3S. The Morgan fingerprint density at radius 1 is 1.09 bits per heavy atom. The molecule has 1 atom stereocenters. The van der Waals surface area contributed by atoms with Crippen molar-refractivity contribution in [3.05, 3.63) is 35.9 Å². The van der Waals surface area contributed by atoms with Gasteiger partial charge in [-0.3, -0.25) is 0 Å². The molecule has 1 aromatic rings. The summed E-state index contributed by atoms with van der Waals surface area (Å²) in [6.45, 7) is 12.0. The van der Waals surface area contributed by atoms with E-state index >= 15 is 0 Å². The Balaban J connectivity index is 2.60. The van der Waals surface area contributed by atoms with Crippen molar-refractivity contribution in [2.45, 2.75) is 52.6 Å². The molecule has 1 aromatic carbocycles. The zero-order valence-electron chi connectivity index (χ0n) is 15.7. The Bertz CT molecular complexity index is 489. The molecule has 0 heterocycles. The minimum atomic E-state index is -0.0251. The molecule has 130 valence electrons. The van der Waals surface area contributed by atoms with Crippen LogP contribution in [0.15, 0.2) is 30.3 Å². The van der Waals surface area contributed by atoms with Crippen molar-refractivity contribution in [3.63, 3.8) is 0 Å². The van der Waals surface area contributed by atoms with Gasteiger partial charge in [-0.15, -0.1) is 0 Å². The number of likely N-dealkylation sites (N-methyl/N-ethyl adjacent to an activating group) is 1. The molecule has 0 aliphatic rings. The first-order chi connectivity index (χ1) is 10.5. The molecule has 0 aliphatic carbocycles. The molecule has 0 fully saturated rings. The summed E-state index contributed by atoms with van der Waals surface area (Å²) in [4.78, 5) is 2.21. The number of benzene rings is 1. The van der Waals surface area contributed by atoms with E-state index in [0.29, 0.717) is 6.04 Å². The van der Waals surface area contributed by atoms with Crippen molar-refractivity contribution in [1.29, 1.82) is 0 Å². The van der Waals surface area contributed by atoms with Crippen LogP contribution in [0.3, 0.4) is 0 Å². The van der Waals surface area contributed by atoms with E-state index in [1.54, 1.807) is 0 Å². The van der Waals surface area contributed by atoms with E-state index in [1.807, 2.05) is 6.07 Å².